The Morgan fingerprint density at radius 2 is 1.76 bits per heavy atom. The van der Waals surface area contributed by atoms with Crippen molar-refractivity contribution in [3.05, 3.63) is 44.6 Å². The zero-order chi connectivity index (χ0) is 17.8. The van der Waals surface area contributed by atoms with E-state index < -0.39 is 0 Å². The van der Waals surface area contributed by atoms with Crippen molar-refractivity contribution in [1.29, 1.82) is 0 Å². The molecule has 2 aliphatic rings. The molecule has 2 heterocycles. The third-order valence-electron chi connectivity index (χ3n) is 5.53. The number of nitrogens with one attached hydrogen (secondary N) is 1. The van der Waals surface area contributed by atoms with Crippen molar-refractivity contribution >= 4 is 11.3 Å². The summed E-state index contributed by atoms with van der Waals surface area (Å²) in [5, 5.41) is 3.78. The Morgan fingerprint density at radius 1 is 1.04 bits per heavy atom. The normalized spacial score (nSPS) is 22.0. The van der Waals surface area contributed by atoms with Crippen molar-refractivity contribution in [2.75, 3.05) is 14.2 Å². The van der Waals surface area contributed by atoms with Crippen LogP contribution >= 0.6 is 11.3 Å². The molecule has 25 heavy (non-hydrogen) atoms. The fourth-order valence-corrected chi connectivity index (χ4v) is 5.56. The summed E-state index contributed by atoms with van der Waals surface area (Å²) < 4.78 is 11.1. The molecule has 4 heteroatoms. The number of rotatable bonds is 2. The highest BCUT2D eigenvalue weighted by atomic mass is 32.1. The lowest BCUT2D eigenvalue weighted by atomic mass is 9.75. The van der Waals surface area contributed by atoms with Crippen molar-refractivity contribution in [2.24, 2.45) is 0 Å². The lowest BCUT2D eigenvalue weighted by Gasteiger charge is -2.38. The maximum absolute atomic E-state index is 5.59. The molecular weight excluding hydrogens is 330 g/mol. The number of benzene rings is 1. The van der Waals surface area contributed by atoms with Crippen LogP contribution in [0.2, 0.25) is 0 Å². The molecule has 1 aliphatic carbocycles. The molecule has 0 bridgehead atoms. The Labute approximate surface area is 154 Å². The van der Waals surface area contributed by atoms with Gasteiger partial charge in [-0.15, -0.1) is 11.3 Å². The molecule has 3 nitrogen and oxygen atoms in total. The molecule has 1 aromatic heterocycles. The second-order valence-corrected chi connectivity index (χ2v) is 9.24. The number of ether oxygens (including phenoxy) is 2. The fraction of sp³-hybridized carbons (Fsp3) is 0.524. The van der Waals surface area contributed by atoms with Gasteiger partial charge in [0.15, 0.2) is 11.5 Å². The van der Waals surface area contributed by atoms with Crippen LogP contribution in [0.15, 0.2) is 18.2 Å². The SMILES string of the molecule is COc1cc2c(cc1OC)C1c3sc(C(C)(C)C)cc3CNC1CC2. The molecule has 1 aliphatic heterocycles. The topological polar surface area (TPSA) is 30.5 Å². The average Bonchev–Trinajstić information content (AvgIpc) is 3.04. The van der Waals surface area contributed by atoms with Gasteiger partial charge in [-0.05, 0) is 53.1 Å². The smallest absolute Gasteiger partial charge is 0.161 e. The molecule has 0 fully saturated rings. The monoisotopic (exact) mass is 357 g/mol. The summed E-state index contributed by atoms with van der Waals surface area (Å²) in [4.78, 5) is 3.02. The highest BCUT2D eigenvalue weighted by molar-refractivity contribution is 7.12. The molecule has 1 N–H and O–H groups in total. The van der Waals surface area contributed by atoms with E-state index in [2.05, 4.69) is 44.3 Å². The molecule has 2 aromatic rings. The summed E-state index contributed by atoms with van der Waals surface area (Å²) in [7, 11) is 3.43. The number of fused-ring (bicyclic) bond motifs is 5. The fourth-order valence-electron chi connectivity index (χ4n) is 4.14. The lowest BCUT2D eigenvalue weighted by Crippen LogP contribution is -2.41. The van der Waals surface area contributed by atoms with Gasteiger partial charge in [-0.2, -0.15) is 0 Å². The molecule has 0 saturated heterocycles. The summed E-state index contributed by atoms with van der Waals surface area (Å²) in [6.07, 6.45) is 2.27. The quantitative estimate of drug-likeness (QED) is 0.851. The zero-order valence-electron chi connectivity index (χ0n) is 15.7. The van der Waals surface area contributed by atoms with Crippen LogP contribution < -0.4 is 14.8 Å². The minimum atomic E-state index is 0.201. The maximum atomic E-state index is 5.59. The van der Waals surface area contributed by atoms with Crippen LogP contribution in [-0.4, -0.2) is 20.3 Å². The average molecular weight is 358 g/mol. The van der Waals surface area contributed by atoms with Gasteiger partial charge < -0.3 is 14.8 Å². The second kappa shape index (κ2) is 6.03. The number of aryl methyl sites for hydroxylation is 1. The Bertz CT molecular complexity index is 803. The van der Waals surface area contributed by atoms with Gasteiger partial charge in [-0.25, -0.2) is 0 Å². The van der Waals surface area contributed by atoms with Crippen molar-refractivity contribution in [2.45, 2.75) is 57.5 Å². The molecule has 4 rings (SSSR count). The second-order valence-electron chi connectivity index (χ2n) is 8.16. The molecule has 134 valence electrons. The molecule has 2 unspecified atom stereocenters. The third-order valence-corrected chi connectivity index (χ3v) is 7.21. The summed E-state index contributed by atoms with van der Waals surface area (Å²) in [6, 6.07) is 7.32. The minimum absolute atomic E-state index is 0.201. The van der Waals surface area contributed by atoms with Crippen LogP contribution in [0.4, 0.5) is 0 Å². The van der Waals surface area contributed by atoms with Crippen molar-refractivity contribution in [3.8, 4) is 11.5 Å². The Hall–Kier alpha value is -1.52. The van der Waals surface area contributed by atoms with E-state index in [1.54, 1.807) is 19.1 Å². The summed E-state index contributed by atoms with van der Waals surface area (Å²) in [5.41, 5.74) is 4.48. The summed E-state index contributed by atoms with van der Waals surface area (Å²) in [6.45, 7) is 7.90. The predicted molar refractivity (Wildman–Crippen MR) is 103 cm³/mol. The first kappa shape index (κ1) is 16.9. The summed E-state index contributed by atoms with van der Waals surface area (Å²) >= 11 is 2.00. The van der Waals surface area contributed by atoms with Crippen molar-refractivity contribution in [3.63, 3.8) is 0 Å². The molecule has 0 saturated carbocycles. The van der Waals surface area contributed by atoms with E-state index in [1.807, 2.05) is 11.3 Å². The maximum Gasteiger partial charge on any atom is 0.161 e. The van der Waals surface area contributed by atoms with E-state index in [0.717, 1.165) is 24.5 Å². The molecular formula is C21H27NO2S. The van der Waals surface area contributed by atoms with Gasteiger partial charge in [0.2, 0.25) is 0 Å². The Morgan fingerprint density at radius 3 is 2.44 bits per heavy atom. The third kappa shape index (κ3) is 2.76. The van der Waals surface area contributed by atoms with Gasteiger partial charge in [0, 0.05) is 28.3 Å². The number of thiophene rings is 1. The van der Waals surface area contributed by atoms with Crippen LogP contribution in [0.1, 0.15) is 59.6 Å². The largest absolute Gasteiger partial charge is 0.493 e. The van der Waals surface area contributed by atoms with E-state index in [-0.39, 0.29) is 5.41 Å². The number of hydrogen-bond acceptors (Lipinski definition) is 4. The van der Waals surface area contributed by atoms with Gasteiger partial charge in [-0.1, -0.05) is 20.8 Å². The Balaban J connectivity index is 1.85. The van der Waals surface area contributed by atoms with E-state index in [9.17, 15) is 0 Å². The molecule has 0 spiro atoms. The molecule has 0 amide bonds. The molecule has 1 aromatic carbocycles. The standard InChI is InChI=1S/C21H27NO2S/c1-21(2,3)18-9-13-11-22-15-7-6-12-8-16(23-4)17(24-5)10-14(12)19(15)20(13)25-18/h8-10,15,19,22H,6-7,11H2,1-5H3. The summed E-state index contributed by atoms with van der Waals surface area (Å²) in [5.74, 6) is 2.10. The lowest BCUT2D eigenvalue weighted by molar-refractivity contribution is 0.349. The zero-order valence-corrected chi connectivity index (χ0v) is 16.5. The number of hydrogen-bond donors (Lipinski definition) is 1. The van der Waals surface area contributed by atoms with E-state index in [1.165, 1.54) is 28.0 Å². The first-order valence-corrected chi connectivity index (χ1v) is 9.85. The van der Waals surface area contributed by atoms with Crippen LogP contribution in [0.5, 0.6) is 11.5 Å². The Kier molecular flexibility index (Phi) is 4.08. The van der Waals surface area contributed by atoms with Gasteiger partial charge in [0.05, 0.1) is 14.2 Å². The van der Waals surface area contributed by atoms with Crippen molar-refractivity contribution < 1.29 is 9.47 Å². The van der Waals surface area contributed by atoms with Crippen LogP contribution in [0.25, 0.3) is 0 Å². The highest BCUT2D eigenvalue weighted by Gasteiger charge is 2.38. The van der Waals surface area contributed by atoms with E-state index in [0.29, 0.717) is 12.0 Å². The van der Waals surface area contributed by atoms with Crippen LogP contribution in [0.3, 0.4) is 0 Å². The van der Waals surface area contributed by atoms with Gasteiger partial charge >= 0.3 is 0 Å². The van der Waals surface area contributed by atoms with Gasteiger partial charge in [0.25, 0.3) is 0 Å². The first-order chi connectivity index (χ1) is 11.9. The predicted octanol–water partition coefficient (Wildman–Crippen LogP) is 4.61. The molecule has 2 atom stereocenters. The number of methoxy groups -OCH3 is 2. The van der Waals surface area contributed by atoms with Gasteiger partial charge in [-0.3, -0.25) is 0 Å². The van der Waals surface area contributed by atoms with Gasteiger partial charge in [0.1, 0.15) is 0 Å². The highest BCUT2D eigenvalue weighted by Crippen LogP contribution is 2.48. The first-order valence-electron chi connectivity index (χ1n) is 9.03. The minimum Gasteiger partial charge on any atom is -0.493 e. The van der Waals surface area contributed by atoms with Crippen LogP contribution in [-0.2, 0) is 18.4 Å². The van der Waals surface area contributed by atoms with E-state index in [4.69, 9.17) is 9.47 Å². The molecule has 0 radical (unpaired) electrons. The van der Waals surface area contributed by atoms with Crippen molar-refractivity contribution in [1.82, 2.24) is 5.32 Å². The van der Waals surface area contributed by atoms with E-state index >= 15 is 0 Å². The van der Waals surface area contributed by atoms with Crippen LogP contribution in [0, 0.1) is 0 Å².